The first-order valence-electron chi connectivity index (χ1n) is 8.21. The first kappa shape index (κ1) is 18.9. The number of rotatable bonds is 5. The molecule has 25 heavy (non-hydrogen) atoms. The monoisotopic (exact) mass is 350 g/mol. The van der Waals surface area contributed by atoms with E-state index in [0.29, 0.717) is 31.0 Å². The fourth-order valence-corrected chi connectivity index (χ4v) is 3.21. The molecule has 7 heteroatoms. The summed E-state index contributed by atoms with van der Waals surface area (Å²) in [5.41, 5.74) is 0.273. The van der Waals surface area contributed by atoms with Crippen molar-refractivity contribution in [1.82, 2.24) is 9.80 Å². The normalized spacial score (nSPS) is 17.6. The number of carbonyl (C=O) groups excluding carboxylic acids is 1. The number of nitrogens with zero attached hydrogens (tertiary/aromatic N) is 2. The highest BCUT2D eigenvalue weighted by molar-refractivity contribution is 5.87. The number of benzene rings is 1. The maximum atomic E-state index is 12.7. The number of methoxy groups -OCH3 is 2. The van der Waals surface area contributed by atoms with Crippen LogP contribution in [-0.4, -0.2) is 59.3 Å². The third-order valence-electron chi connectivity index (χ3n) is 4.33. The minimum absolute atomic E-state index is 0.160. The lowest BCUT2D eigenvalue weighted by molar-refractivity contribution is -0.133. The van der Waals surface area contributed by atoms with Crippen molar-refractivity contribution in [2.75, 3.05) is 20.8 Å². The van der Waals surface area contributed by atoms with Crippen LogP contribution in [-0.2, 0) is 11.3 Å². The summed E-state index contributed by atoms with van der Waals surface area (Å²) < 4.78 is 10.5. The van der Waals surface area contributed by atoms with E-state index in [0.717, 1.165) is 5.56 Å². The summed E-state index contributed by atoms with van der Waals surface area (Å²) in [7, 11) is 3.13. The van der Waals surface area contributed by atoms with Gasteiger partial charge in [-0.1, -0.05) is 6.07 Å². The molecule has 1 heterocycles. The standard InChI is InChI=1S/C18H26N2O5/c1-18(2,3)20(17(22)23)13-8-9-19(16(13)21)11-12-6-7-14(24-4)15(10-12)25-5/h6-7,10,13H,8-9,11H2,1-5H3,(H,22,23)/t13-/m1/s1. The molecule has 0 aromatic heterocycles. The van der Waals surface area contributed by atoms with Gasteiger partial charge in [0, 0.05) is 18.6 Å². The summed E-state index contributed by atoms with van der Waals surface area (Å²) in [6.07, 6.45) is -0.575. The molecule has 1 aliphatic rings. The Balaban J connectivity index is 2.16. The van der Waals surface area contributed by atoms with Gasteiger partial charge in [-0.15, -0.1) is 0 Å². The van der Waals surface area contributed by atoms with Crippen molar-refractivity contribution in [2.24, 2.45) is 0 Å². The van der Waals surface area contributed by atoms with Crippen LogP contribution < -0.4 is 9.47 Å². The minimum Gasteiger partial charge on any atom is -0.493 e. The van der Waals surface area contributed by atoms with E-state index in [-0.39, 0.29) is 5.91 Å². The lowest BCUT2D eigenvalue weighted by Gasteiger charge is -2.36. The van der Waals surface area contributed by atoms with Gasteiger partial charge in [0.15, 0.2) is 11.5 Å². The number of hydrogen-bond donors (Lipinski definition) is 1. The molecule has 1 atom stereocenters. The summed E-state index contributed by atoms with van der Waals surface area (Å²) in [4.78, 5) is 27.3. The number of carboxylic acid groups (broad SMARTS) is 1. The average molecular weight is 350 g/mol. The van der Waals surface area contributed by atoms with Crippen LogP contribution in [0.1, 0.15) is 32.8 Å². The lowest BCUT2D eigenvalue weighted by Crippen LogP contribution is -2.53. The predicted molar refractivity (Wildman–Crippen MR) is 93.0 cm³/mol. The zero-order chi connectivity index (χ0) is 18.8. The van der Waals surface area contributed by atoms with Gasteiger partial charge in [-0.05, 0) is 44.9 Å². The van der Waals surface area contributed by atoms with Crippen LogP contribution in [0.15, 0.2) is 18.2 Å². The highest BCUT2D eigenvalue weighted by Crippen LogP contribution is 2.30. The summed E-state index contributed by atoms with van der Waals surface area (Å²) in [5, 5.41) is 9.51. The van der Waals surface area contributed by atoms with Crippen LogP contribution in [0.5, 0.6) is 11.5 Å². The van der Waals surface area contributed by atoms with Gasteiger partial charge in [-0.3, -0.25) is 9.69 Å². The molecule has 1 aromatic carbocycles. The number of carbonyl (C=O) groups is 2. The summed E-state index contributed by atoms with van der Waals surface area (Å²) in [6, 6.07) is 4.86. The molecule has 0 bridgehead atoms. The average Bonchev–Trinajstić information content (AvgIpc) is 2.86. The Kier molecular flexibility index (Phi) is 5.45. The first-order chi connectivity index (χ1) is 11.7. The molecule has 1 saturated heterocycles. The minimum atomic E-state index is -1.07. The molecule has 1 aliphatic heterocycles. The quantitative estimate of drug-likeness (QED) is 0.883. The van der Waals surface area contributed by atoms with Gasteiger partial charge >= 0.3 is 6.09 Å². The first-order valence-corrected chi connectivity index (χ1v) is 8.21. The summed E-state index contributed by atoms with van der Waals surface area (Å²) >= 11 is 0. The van der Waals surface area contributed by atoms with E-state index in [1.807, 2.05) is 12.1 Å². The van der Waals surface area contributed by atoms with E-state index >= 15 is 0 Å². The van der Waals surface area contributed by atoms with E-state index in [1.54, 1.807) is 46.0 Å². The molecule has 0 unspecified atom stereocenters. The third-order valence-corrected chi connectivity index (χ3v) is 4.33. The van der Waals surface area contributed by atoms with Crippen LogP contribution in [0, 0.1) is 0 Å². The van der Waals surface area contributed by atoms with E-state index in [2.05, 4.69) is 0 Å². The van der Waals surface area contributed by atoms with Crippen molar-refractivity contribution in [1.29, 1.82) is 0 Å². The van der Waals surface area contributed by atoms with Crippen molar-refractivity contribution >= 4 is 12.0 Å². The van der Waals surface area contributed by atoms with Gasteiger partial charge in [0.2, 0.25) is 5.91 Å². The number of hydrogen-bond acceptors (Lipinski definition) is 4. The van der Waals surface area contributed by atoms with Crippen LogP contribution in [0.4, 0.5) is 4.79 Å². The fraction of sp³-hybridized carbons (Fsp3) is 0.556. The highest BCUT2D eigenvalue weighted by Gasteiger charge is 2.42. The van der Waals surface area contributed by atoms with E-state index in [4.69, 9.17) is 9.47 Å². The number of ether oxygens (including phenoxy) is 2. The van der Waals surface area contributed by atoms with Crippen molar-refractivity contribution in [3.8, 4) is 11.5 Å². The molecule has 1 N–H and O–H groups in total. The number of amides is 2. The Morgan fingerprint density at radius 2 is 1.92 bits per heavy atom. The molecular weight excluding hydrogens is 324 g/mol. The Bertz CT molecular complexity index is 653. The Morgan fingerprint density at radius 3 is 2.44 bits per heavy atom. The van der Waals surface area contributed by atoms with E-state index in [1.165, 1.54) is 4.90 Å². The van der Waals surface area contributed by atoms with Gasteiger partial charge in [-0.25, -0.2) is 4.79 Å². The fourth-order valence-electron chi connectivity index (χ4n) is 3.21. The van der Waals surface area contributed by atoms with Gasteiger partial charge in [0.25, 0.3) is 0 Å². The lowest BCUT2D eigenvalue weighted by atomic mass is 10.0. The van der Waals surface area contributed by atoms with Gasteiger partial charge < -0.3 is 19.5 Å². The molecule has 1 aromatic rings. The largest absolute Gasteiger partial charge is 0.493 e. The molecule has 2 rings (SSSR count). The molecule has 1 fully saturated rings. The third kappa shape index (κ3) is 3.97. The zero-order valence-electron chi connectivity index (χ0n) is 15.4. The molecule has 7 nitrogen and oxygen atoms in total. The molecule has 2 amide bonds. The van der Waals surface area contributed by atoms with E-state index in [9.17, 15) is 14.7 Å². The second-order valence-electron chi connectivity index (χ2n) is 7.08. The van der Waals surface area contributed by atoms with Crippen LogP contribution in [0.2, 0.25) is 0 Å². The molecule has 0 spiro atoms. The Hall–Kier alpha value is -2.44. The van der Waals surface area contributed by atoms with Gasteiger partial charge in [0.1, 0.15) is 6.04 Å². The molecule has 0 saturated carbocycles. The van der Waals surface area contributed by atoms with Crippen molar-refractivity contribution in [3.63, 3.8) is 0 Å². The number of likely N-dealkylation sites (tertiary alicyclic amines) is 1. The summed E-state index contributed by atoms with van der Waals surface area (Å²) in [6.45, 7) is 6.33. The Morgan fingerprint density at radius 1 is 1.28 bits per heavy atom. The van der Waals surface area contributed by atoms with Crippen molar-refractivity contribution in [2.45, 2.75) is 45.3 Å². The highest BCUT2D eigenvalue weighted by atomic mass is 16.5. The van der Waals surface area contributed by atoms with Crippen molar-refractivity contribution < 1.29 is 24.2 Å². The second kappa shape index (κ2) is 7.21. The summed E-state index contributed by atoms with van der Waals surface area (Å²) in [5.74, 6) is 1.07. The maximum absolute atomic E-state index is 12.7. The predicted octanol–water partition coefficient (Wildman–Crippen LogP) is 2.58. The van der Waals surface area contributed by atoms with Crippen LogP contribution >= 0.6 is 0 Å². The zero-order valence-corrected chi connectivity index (χ0v) is 15.4. The SMILES string of the molecule is COc1ccc(CN2CC[C@@H](N(C(=O)O)C(C)(C)C)C2=O)cc1OC. The molecule has 138 valence electrons. The second-order valence-corrected chi connectivity index (χ2v) is 7.08. The van der Waals surface area contributed by atoms with Crippen LogP contribution in [0.25, 0.3) is 0 Å². The maximum Gasteiger partial charge on any atom is 0.408 e. The molecule has 0 radical (unpaired) electrons. The van der Waals surface area contributed by atoms with Crippen molar-refractivity contribution in [3.05, 3.63) is 23.8 Å². The van der Waals surface area contributed by atoms with Gasteiger partial charge in [0.05, 0.1) is 14.2 Å². The molecular formula is C18H26N2O5. The Labute approximate surface area is 148 Å². The smallest absolute Gasteiger partial charge is 0.408 e. The van der Waals surface area contributed by atoms with Crippen LogP contribution in [0.3, 0.4) is 0 Å². The molecule has 0 aliphatic carbocycles. The van der Waals surface area contributed by atoms with E-state index < -0.39 is 17.7 Å². The van der Waals surface area contributed by atoms with Gasteiger partial charge in [-0.2, -0.15) is 0 Å². The topological polar surface area (TPSA) is 79.3 Å².